The third kappa shape index (κ3) is 4.35. The molecule has 0 bridgehead atoms. The molecule has 0 saturated carbocycles. The highest BCUT2D eigenvalue weighted by Crippen LogP contribution is 2.46. The van der Waals surface area contributed by atoms with Crippen LogP contribution in [0.5, 0.6) is 11.5 Å². The Bertz CT molecular complexity index is 1500. The largest absolute Gasteiger partial charge is 0.496 e. The highest BCUT2D eigenvalue weighted by atomic mass is 32.2. The van der Waals surface area contributed by atoms with E-state index in [-0.39, 0.29) is 5.91 Å². The molecule has 3 atom stereocenters. The molecular formula is C30H29N5O4S. The number of methoxy groups -OCH3 is 1. The molecule has 1 saturated heterocycles. The van der Waals surface area contributed by atoms with Crippen molar-refractivity contribution in [1.82, 2.24) is 19.8 Å². The van der Waals surface area contributed by atoms with Crippen molar-refractivity contribution in [2.45, 2.75) is 29.0 Å². The summed E-state index contributed by atoms with van der Waals surface area (Å²) < 4.78 is 11.7. The molecule has 7 rings (SSSR count). The summed E-state index contributed by atoms with van der Waals surface area (Å²) in [6, 6.07) is 15.2. The summed E-state index contributed by atoms with van der Waals surface area (Å²) in [7, 11) is 1.71. The molecule has 0 radical (unpaired) electrons. The number of benzene rings is 2. The third-order valence-corrected chi connectivity index (χ3v) is 9.34. The summed E-state index contributed by atoms with van der Waals surface area (Å²) in [6.07, 6.45) is 3.32. The molecule has 10 heteroatoms. The van der Waals surface area contributed by atoms with Crippen LogP contribution in [0.2, 0.25) is 0 Å². The number of nitrogens with zero attached hydrogens (tertiary/aromatic N) is 5. The van der Waals surface area contributed by atoms with Crippen molar-refractivity contribution in [2.24, 2.45) is 10.9 Å². The number of hydrogen-bond acceptors (Lipinski definition) is 8. The SMILES string of the molecule is COc1cccc2c1C1CN(CCCCN3C(=O)N=C4c5nc(-c6ccccc6)cnc5SC4C3=O)CC1CO2. The minimum Gasteiger partial charge on any atom is -0.496 e. The highest BCUT2D eigenvalue weighted by molar-refractivity contribution is 8.02. The van der Waals surface area contributed by atoms with Gasteiger partial charge in [0.2, 0.25) is 5.91 Å². The lowest BCUT2D eigenvalue weighted by atomic mass is 9.86. The Morgan fingerprint density at radius 1 is 1.05 bits per heavy atom. The molecule has 5 heterocycles. The number of unbranched alkanes of at least 4 members (excludes halogenated alkanes) is 1. The number of imide groups is 1. The van der Waals surface area contributed by atoms with Crippen molar-refractivity contribution in [3.05, 3.63) is 66.0 Å². The van der Waals surface area contributed by atoms with E-state index in [0.717, 1.165) is 56.1 Å². The molecule has 0 aliphatic carbocycles. The van der Waals surface area contributed by atoms with Crippen LogP contribution in [-0.2, 0) is 4.79 Å². The number of hydrogen-bond donors (Lipinski definition) is 0. The van der Waals surface area contributed by atoms with Crippen LogP contribution in [0.1, 0.15) is 30.0 Å². The Kier molecular flexibility index (Phi) is 6.51. The Balaban J connectivity index is 0.972. The molecule has 0 N–H and O–H groups in total. The van der Waals surface area contributed by atoms with Gasteiger partial charge in [-0.2, -0.15) is 4.99 Å². The first-order valence-corrected chi connectivity index (χ1v) is 14.5. The fraction of sp³-hybridized carbons (Fsp3) is 0.367. The van der Waals surface area contributed by atoms with Gasteiger partial charge in [0, 0.05) is 42.6 Å². The molecule has 204 valence electrons. The van der Waals surface area contributed by atoms with Crippen LogP contribution in [0.15, 0.2) is 64.7 Å². The zero-order chi connectivity index (χ0) is 27.2. The van der Waals surface area contributed by atoms with Gasteiger partial charge >= 0.3 is 6.03 Å². The molecule has 40 heavy (non-hydrogen) atoms. The minimum atomic E-state index is -0.574. The Morgan fingerprint density at radius 2 is 1.90 bits per heavy atom. The van der Waals surface area contributed by atoms with Crippen molar-refractivity contribution >= 4 is 29.4 Å². The van der Waals surface area contributed by atoms with Crippen molar-refractivity contribution in [1.29, 1.82) is 0 Å². The van der Waals surface area contributed by atoms with Crippen LogP contribution in [0.25, 0.3) is 11.3 Å². The lowest BCUT2D eigenvalue weighted by molar-refractivity contribution is -0.126. The number of thioether (sulfide) groups is 1. The van der Waals surface area contributed by atoms with Gasteiger partial charge < -0.3 is 14.4 Å². The van der Waals surface area contributed by atoms with Gasteiger partial charge in [-0.05, 0) is 31.5 Å². The Hall–Kier alpha value is -3.76. The van der Waals surface area contributed by atoms with Crippen molar-refractivity contribution in [3.8, 4) is 22.8 Å². The van der Waals surface area contributed by atoms with Crippen LogP contribution >= 0.6 is 11.8 Å². The Labute approximate surface area is 236 Å². The van der Waals surface area contributed by atoms with Crippen LogP contribution < -0.4 is 9.47 Å². The lowest BCUT2D eigenvalue weighted by Gasteiger charge is -2.29. The van der Waals surface area contributed by atoms with E-state index in [1.165, 1.54) is 22.2 Å². The van der Waals surface area contributed by atoms with E-state index < -0.39 is 11.3 Å². The highest BCUT2D eigenvalue weighted by Gasteiger charge is 2.45. The number of amides is 3. The van der Waals surface area contributed by atoms with E-state index in [2.05, 4.69) is 14.9 Å². The Morgan fingerprint density at radius 3 is 2.75 bits per heavy atom. The van der Waals surface area contributed by atoms with E-state index in [9.17, 15) is 9.59 Å². The summed E-state index contributed by atoms with van der Waals surface area (Å²) in [4.78, 5) is 43.6. The molecule has 3 unspecified atom stereocenters. The van der Waals surface area contributed by atoms with Crippen molar-refractivity contribution < 1.29 is 19.1 Å². The number of likely N-dealkylation sites (tertiary alicyclic amines) is 1. The van der Waals surface area contributed by atoms with Gasteiger partial charge in [-0.25, -0.2) is 14.8 Å². The predicted molar refractivity (Wildman–Crippen MR) is 151 cm³/mol. The number of urea groups is 1. The zero-order valence-corrected chi connectivity index (χ0v) is 23.0. The molecule has 3 aromatic rings. The molecular weight excluding hydrogens is 526 g/mol. The average molecular weight is 556 g/mol. The molecule has 9 nitrogen and oxygen atoms in total. The van der Waals surface area contributed by atoms with Gasteiger partial charge in [0.1, 0.15) is 27.5 Å². The number of fused-ring (bicyclic) bond motifs is 6. The first kappa shape index (κ1) is 25.2. The smallest absolute Gasteiger partial charge is 0.350 e. The molecule has 2 aromatic carbocycles. The maximum atomic E-state index is 13.4. The minimum absolute atomic E-state index is 0.228. The summed E-state index contributed by atoms with van der Waals surface area (Å²) >= 11 is 1.33. The van der Waals surface area contributed by atoms with Crippen molar-refractivity contribution in [3.63, 3.8) is 0 Å². The maximum Gasteiger partial charge on any atom is 0.350 e. The van der Waals surface area contributed by atoms with Gasteiger partial charge in [-0.15, -0.1) is 0 Å². The second kappa shape index (κ2) is 10.3. The third-order valence-electron chi connectivity index (χ3n) is 8.16. The normalized spacial score (nSPS) is 23.2. The number of carbonyl (C=O) groups is 2. The van der Waals surface area contributed by atoms with Gasteiger partial charge in [0.15, 0.2) is 0 Å². The van der Waals surface area contributed by atoms with E-state index in [4.69, 9.17) is 14.5 Å². The molecule has 4 aliphatic rings. The van der Waals surface area contributed by atoms with Gasteiger partial charge in [-0.3, -0.25) is 9.69 Å². The second-order valence-electron chi connectivity index (χ2n) is 10.6. The fourth-order valence-electron chi connectivity index (χ4n) is 6.19. The van der Waals surface area contributed by atoms with Crippen LogP contribution in [0.3, 0.4) is 0 Å². The molecule has 1 aromatic heterocycles. The summed E-state index contributed by atoms with van der Waals surface area (Å²) in [5.41, 5.74) is 3.76. The van der Waals surface area contributed by atoms with Crippen LogP contribution in [-0.4, -0.2) is 82.6 Å². The topological polar surface area (TPSA) is 97.2 Å². The second-order valence-corrected chi connectivity index (χ2v) is 11.7. The fourth-order valence-corrected chi connectivity index (χ4v) is 7.29. The monoisotopic (exact) mass is 555 g/mol. The number of carbonyl (C=O) groups excluding carboxylic acids is 2. The molecule has 0 spiro atoms. The standard InChI is InChI=1S/C30H29N5O4S/c1-38-22-10-7-11-23-24(22)20-16-34(15-19(20)17-39-23)12-5-6-13-35-29(36)27-25(33-30(35)37)26-28(40-27)31-14-21(32-26)18-8-3-2-4-9-18/h2-4,7-11,14,19-20,27H,5-6,12-13,15-17H2,1H3. The quantitative estimate of drug-likeness (QED) is 0.399. The summed E-state index contributed by atoms with van der Waals surface area (Å²) in [5, 5.41) is 0.0691. The van der Waals surface area contributed by atoms with Crippen LogP contribution in [0, 0.1) is 5.92 Å². The summed E-state index contributed by atoms with van der Waals surface area (Å²) in [5.74, 6) is 2.42. The molecule has 3 amide bonds. The summed E-state index contributed by atoms with van der Waals surface area (Å²) in [6.45, 7) is 3.91. The van der Waals surface area contributed by atoms with E-state index in [1.807, 2.05) is 48.5 Å². The maximum absolute atomic E-state index is 13.4. The molecule has 4 aliphatic heterocycles. The van der Waals surface area contributed by atoms with E-state index in [1.54, 1.807) is 13.3 Å². The first-order chi connectivity index (χ1) is 19.6. The van der Waals surface area contributed by atoms with Crippen molar-refractivity contribution in [2.75, 3.05) is 39.9 Å². The van der Waals surface area contributed by atoms with Gasteiger partial charge in [0.25, 0.3) is 0 Å². The number of rotatable bonds is 7. The first-order valence-electron chi connectivity index (χ1n) is 13.7. The van der Waals surface area contributed by atoms with E-state index >= 15 is 0 Å². The number of aliphatic imine (C=N–C) groups is 1. The number of ether oxygens (including phenoxy) is 2. The zero-order valence-electron chi connectivity index (χ0n) is 22.2. The van der Waals surface area contributed by atoms with Gasteiger partial charge in [-0.1, -0.05) is 48.2 Å². The van der Waals surface area contributed by atoms with Gasteiger partial charge in [0.05, 0.1) is 31.3 Å². The number of aromatic nitrogens is 2. The lowest BCUT2D eigenvalue weighted by Crippen LogP contribution is -2.47. The average Bonchev–Trinajstić information content (AvgIpc) is 3.58. The van der Waals surface area contributed by atoms with E-state index in [0.29, 0.717) is 40.5 Å². The predicted octanol–water partition coefficient (Wildman–Crippen LogP) is 4.27. The van der Waals surface area contributed by atoms with Crippen LogP contribution in [0.4, 0.5) is 4.79 Å². The molecule has 1 fully saturated rings.